The van der Waals surface area contributed by atoms with Gasteiger partial charge in [0.15, 0.2) is 0 Å². The first kappa shape index (κ1) is 18.1. The Morgan fingerprint density at radius 2 is 1.60 bits per heavy atom. The molecule has 1 aliphatic heterocycles. The summed E-state index contributed by atoms with van der Waals surface area (Å²) < 4.78 is 27.3. The van der Waals surface area contributed by atoms with Crippen molar-refractivity contribution in [1.82, 2.24) is 9.62 Å². The quantitative estimate of drug-likeness (QED) is 0.827. The second kappa shape index (κ2) is 8.13. The lowest BCUT2D eigenvalue weighted by Gasteiger charge is -2.14. The molecule has 0 radical (unpaired) electrons. The highest BCUT2D eigenvalue weighted by molar-refractivity contribution is 7.88. The van der Waals surface area contributed by atoms with E-state index in [4.69, 9.17) is 0 Å². The number of hydrogen-bond acceptors (Lipinski definition) is 3. The van der Waals surface area contributed by atoms with Crippen LogP contribution in [0, 0.1) is 6.92 Å². The van der Waals surface area contributed by atoms with Gasteiger partial charge in [0, 0.05) is 13.1 Å². The zero-order valence-electron chi connectivity index (χ0n) is 14.7. The molecule has 0 unspecified atom stereocenters. The Balaban J connectivity index is 1.54. The van der Waals surface area contributed by atoms with Gasteiger partial charge in [-0.3, -0.25) is 4.90 Å². The highest BCUT2D eigenvalue weighted by atomic mass is 32.2. The molecule has 1 saturated heterocycles. The molecule has 1 heterocycles. The van der Waals surface area contributed by atoms with Crippen molar-refractivity contribution in [1.29, 1.82) is 0 Å². The molecule has 4 nitrogen and oxygen atoms in total. The third kappa shape index (κ3) is 5.39. The smallest absolute Gasteiger partial charge is 0.216 e. The van der Waals surface area contributed by atoms with Gasteiger partial charge in [0.1, 0.15) is 0 Å². The average Bonchev–Trinajstić information content (AvgIpc) is 3.09. The van der Waals surface area contributed by atoms with Crippen LogP contribution in [0.25, 0.3) is 0 Å². The SMILES string of the molecule is Cc1ccccc1CS(=O)(=O)NCc1ccc(CN2CCCC2)cc1. The summed E-state index contributed by atoms with van der Waals surface area (Å²) in [7, 11) is -3.34. The van der Waals surface area contributed by atoms with Gasteiger partial charge >= 0.3 is 0 Å². The minimum atomic E-state index is -3.34. The fraction of sp³-hybridized carbons (Fsp3) is 0.400. The summed E-state index contributed by atoms with van der Waals surface area (Å²) in [5.74, 6) is 0.0206. The number of benzene rings is 2. The molecule has 1 aliphatic rings. The third-order valence-electron chi connectivity index (χ3n) is 4.73. The van der Waals surface area contributed by atoms with Crippen molar-refractivity contribution in [3.8, 4) is 0 Å². The first-order valence-corrected chi connectivity index (χ1v) is 10.5. The highest BCUT2D eigenvalue weighted by Gasteiger charge is 2.13. The molecule has 0 aliphatic carbocycles. The van der Waals surface area contributed by atoms with Crippen LogP contribution in [0.1, 0.15) is 35.1 Å². The monoisotopic (exact) mass is 358 g/mol. The van der Waals surface area contributed by atoms with E-state index in [1.54, 1.807) is 0 Å². The largest absolute Gasteiger partial charge is 0.299 e. The lowest BCUT2D eigenvalue weighted by Crippen LogP contribution is -2.25. The number of sulfonamides is 1. The van der Waals surface area contributed by atoms with Crippen LogP contribution in [-0.2, 0) is 28.9 Å². The van der Waals surface area contributed by atoms with Gasteiger partial charge < -0.3 is 0 Å². The highest BCUT2D eigenvalue weighted by Crippen LogP contribution is 2.14. The summed E-state index contributed by atoms with van der Waals surface area (Å²) in [6.07, 6.45) is 2.58. The van der Waals surface area contributed by atoms with Gasteiger partial charge in [-0.2, -0.15) is 0 Å². The summed E-state index contributed by atoms with van der Waals surface area (Å²) in [6, 6.07) is 15.8. The van der Waals surface area contributed by atoms with E-state index in [0.717, 1.165) is 23.2 Å². The maximum atomic E-state index is 12.3. The van der Waals surface area contributed by atoms with Crippen LogP contribution in [-0.4, -0.2) is 26.4 Å². The Morgan fingerprint density at radius 1 is 0.960 bits per heavy atom. The Morgan fingerprint density at radius 3 is 2.28 bits per heavy atom. The molecule has 25 heavy (non-hydrogen) atoms. The number of rotatable bonds is 7. The van der Waals surface area contributed by atoms with Crippen molar-refractivity contribution < 1.29 is 8.42 Å². The molecule has 0 atom stereocenters. The predicted octanol–water partition coefficient (Wildman–Crippen LogP) is 3.21. The molecule has 134 valence electrons. The number of nitrogens with one attached hydrogen (secondary N) is 1. The first-order chi connectivity index (χ1) is 12.0. The first-order valence-electron chi connectivity index (χ1n) is 8.84. The van der Waals surface area contributed by atoms with E-state index in [0.29, 0.717) is 6.54 Å². The van der Waals surface area contributed by atoms with Gasteiger partial charge in [-0.15, -0.1) is 0 Å². The second-order valence-corrected chi connectivity index (χ2v) is 8.61. The normalized spacial score (nSPS) is 15.6. The lowest BCUT2D eigenvalue weighted by molar-refractivity contribution is 0.331. The molecule has 5 heteroatoms. The number of hydrogen-bond donors (Lipinski definition) is 1. The summed E-state index contributed by atoms with van der Waals surface area (Å²) in [5, 5.41) is 0. The standard InChI is InChI=1S/C20H26N2O2S/c1-17-6-2-3-7-20(17)16-25(23,24)21-14-18-8-10-19(11-9-18)15-22-12-4-5-13-22/h2-3,6-11,21H,4-5,12-16H2,1H3. The van der Waals surface area contributed by atoms with Crippen LogP contribution >= 0.6 is 0 Å². The summed E-state index contributed by atoms with van der Waals surface area (Å²) in [4.78, 5) is 2.46. The molecule has 0 spiro atoms. The van der Waals surface area contributed by atoms with Crippen molar-refractivity contribution in [2.75, 3.05) is 13.1 Å². The van der Waals surface area contributed by atoms with Gasteiger partial charge in [-0.05, 0) is 55.1 Å². The Kier molecular flexibility index (Phi) is 5.89. The van der Waals surface area contributed by atoms with E-state index in [2.05, 4.69) is 21.8 Å². The van der Waals surface area contributed by atoms with Gasteiger partial charge in [0.25, 0.3) is 0 Å². The molecule has 2 aromatic carbocycles. The van der Waals surface area contributed by atoms with E-state index in [1.165, 1.54) is 31.5 Å². The van der Waals surface area contributed by atoms with E-state index in [1.807, 2.05) is 43.3 Å². The van der Waals surface area contributed by atoms with Crippen molar-refractivity contribution in [2.24, 2.45) is 0 Å². The average molecular weight is 359 g/mol. The molecular formula is C20H26N2O2S. The summed E-state index contributed by atoms with van der Waals surface area (Å²) in [5.41, 5.74) is 4.11. The fourth-order valence-corrected chi connectivity index (χ4v) is 4.40. The Hall–Kier alpha value is -1.69. The molecule has 2 aromatic rings. The molecule has 1 fully saturated rings. The molecule has 0 saturated carbocycles. The van der Waals surface area contributed by atoms with E-state index < -0.39 is 10.0 Å². The predicted molar refractivity (Wildman–Crippen MR) is 102 cm³/mol. The zero-order chi connectivity index (χ0) is 17.7. The molecule has 3 rings (SSSR count). The van der Waals surface area contributed by atoms with Crippen LogP contribution < -0.4 is 4.72 Å². The van der Waals surface area contributed by atoms with Gasteiger partial charge in [0.2, 0.25) is 10.0 Å². The molecule has 0 bridgehead atoms. The number of aryl methyl sites for hydroxylation is 1. The summed E-state index contributed by atoms with van der Waals surface area (Å²) >= 11 is 0. The van der Waals surface area contributed by atoms with E-state index in [9.17, 15) is 8.42 Å². The Bertz CT molecular complexity index is 795. The molecular weight excluding hydrogens is 332 g/mol. The van der Waals surface area contributed by atoms with E-state index >= 15 is 0 Å². The van der Waals surface area contributed by atoms with E-state index in [-0.39, 0.29) is 5.75 Å². The van der Waals surface area contributed by atoms with Crippen LogP contribution in [0.15, 0.2) is 48.5 Å². The molecule has 0 amide bonds. The maximum Gasteiger partial charge on any atom is 0.216 e. The maximum absolute atomic E-state index is 12.3. The van der Waals surface area contributed by atoms with Crippen LogP contribution in [0.2, 0.25) is 0 Å². The topological polar surface area (TPSA) is 49.4 Å². The fourth-order valence-electron chi connectivity index (χ4n) is 3.18. The third-order valence-corrected chi connectivity index (χ3v) is 6.01. The second-order valence-electron chi connectivity index (χ2n) is 6.81. The van der Waals surface area contributed by atoms with Crippen molar-refractivity contribution in [3.05, 3.63) is 70.8 Å². The van der Waals surface area contributed by atoms with Gasteiger partial charge in [-0.1, -0.05) is 48.5 Å². The number of likely N-dealkylation sites (tertiary alicyclic amines) is 1. The van der Waals surface area contributed by atoms with Gasteiger partial charge in [-0.25, -0.2) is 13.1 Å². The molecule has 0 aromatic heterocycles. The minimum absolute atomic E-state index is 0.0206. The summed E-state index contributed by atoms with van der Waals surface area (Å²) in [6.45, 7) is 5.61. The Labute approximate surface area is 150 Å². The van der Waals surface area contributed by atoms with Crippen LogP contribution in [0.3, 0.4) is 0 Å². The van der Waals surface area contributed by atoms with Crippen LogP contribution in [0.5, 0.6) is 0 Å². The van der Waals surface area contributed by atoms with Crippen molar-refractivity contribution in [3.63, 3.8) is 0 Å². The lowest BCUT2D eigenvalue weighted by atomic mass is 10.1. The zero-order valence-corrected chi connectivity index (χ0v) is 15.6. The number of nitrogens with zero attached hydrogens (tertiary/aromatic N) is 1. The van der Waals surface area contributed by atoms with Crippen molar-refractivity contribution >= 4 is 10.0 Å². The minimum Gasteiger partial charge on any atom is -0.299 e. The molecule has 1 N–H and O–H groups in total. The van der Waals surface area contributed by atoms with Crippen LogP contribution in [0.4, 0.5) is 0 Å². The van der Waals surface area contributed by atoms with Crippen molar-refractivity contribution in [2.45, 2.75) is 38.6 Å². The van der Waals surface area contributed by atoms with Gasteiger partial charge in [0.05, 0.1) is 5.75 Å².